The summed E-state index contributed by atoms with van der Waals surface area (Å²) >= 11 is 0. The molecule has 7 nitrogen and oxygen atoms in total. The molecule has 0 unspecified atom stereocenters. The lowest BCUT2D eigenvalue weighted by molar-refractivity contribution is -0.296. The van der Waals surface area contributed by atoms with E-state index < -0.39 is 41.8 Å². The van der Waals surface area contributed by atoms with Crippen molar-refractivity contribution in [3.63, 3.8) is 0 Å². The Labute approximate surface area is 125 Å². The van der Waals surface area contributed by atoms with Crippen LogP contribution in [0, 0.1) is 0 Å². The molecule has 1 rings (SSSR count). The summed E-state index contributed by atoms with van der Waals surface area (Å²) in [6, 6.07) is -0.691. The van der Waals surface area contributed by atoms with Gasteiger partial charge in [0, 0.05) is 14.2 Å². The number of ether oxygens (including phenoxy) is 4. The highest BCUT2D eigenvalue weighted by atomic mass is 16.7. The second kappa shape index (κ2) is 6.48. The molecule has 0 aromatic rings. The van der Waals surface area contributed by atoms with Crippen LogP contribution in [0.25, 0.3) is 0 Å². The van der Waals surface area contributed by atoms with E-state index in [2.05, 4.69) is 5.32 Å². The van der Waals surface area contributed by atoms with E-state index in [0.717, 1.165) is 0 Å². The lowest BCUT2D eigenvalue weighted by Gasteiger charge is -2.48. The average Bonchev–Trinajstić information content (AvgIpc) is 2.31. The summed E-state index contributed by atoms with van der Waals surface area (Å²) in [5, 5.41) is 13.4. The molecular weight excluding hydrogens is 278 g/mol. The third kappa shape index (κ3) is 4.29. The summed E-state index contributed by atoms with van der Waals surface area (Å²) in [4.78, 5) is 11.9. The summed E-state index contributed by atoms with van der Waals surface area (Å²) < 4.78 is 21.3. The van der Waals surface area contributed by atoms with E-state index in [0.29, 0.717) is 0 Å². The lowest BCUT2D eigenvalue weighted by Crippen LogP contribution is -2.70. The zero-order chi connectivity index (χ0) is 16.4. The van der Waals surface area contributed by atoms with Crippen LogP contribution in [0.15, 0.2) is 0 Å². The molecule has 0 radical (unpaired) electrons. The predicted molar refractivity (Wildman–Crippen MR) is 75.9 cm³/mol. The minimum absolute atomic E-state index is 0.469. The van der Waals surface area contributed by atoms with Crippen LogP contribution in [0.2, 0.25) is 0 Å². The zero-order valence-electron chi connectivity index (χ0n) is 13.8. The van der Waals surface area contributed by atoms with Crippen LogP contribution < -0.4 is 5.32 Å². The van der Waals surface area contributed by atoms with Crippen molar-refractivity contribution in [3.05, 3.63) is 0 Å². The number of rotatable bonds is 3. The van der Waals surface area contributed by atoms with Gasteiger partial charge >= 0.3 is 6.09 Å². The Hall–Kier alpha value is -0.890. The van der Waals surface area contributed by atoms with Crippen molar-refractivity contribution in [2.24, 2.45) is 0 Å². The van der Waals surface area contributed by atoms with E-state index in [1.54, 1.807) is 34.6 Å². The molecular formula is C14H27NO6. The molecule has 2 N–H and O–H groups in total. The Morgan fingerprint density at radius 1 is 1.29 bits per heavy atom. The Kier molecular flexibility index (Phi) is 5.60. The maximum Gasteiger partial charge on any atom is 0.408 e. The number of nitrogens with one attached hydrogen (secondary N) is 1. The van der Waals surface area contributed by atoms with Crippen LogP contribution in [0.3, 0.4) is 0 Å². The van der Waals surface area contributed by atoms with Gasteiger partial charge in [-0.1, -0.05) is 0 Å². The highest BCUT2D eigenvalue weighted by Gasteiger charge is 2.53. The van der Waals surface area contributed by atoms with Crippen molar-refractivity contribution in [1.29, 1.82) is 0 Å². The number of amides is 1. The maximum absolute atomic E-state index is 11.9. The Morgan fingerprint density at radius 3 is 2.29 bits per heavy atom. The van der Waals surface area contributed by atoms with E-state index in [1.165, 1.54) is 14.2 Å². The number of hydrogen-bond donors (Lipinski definition) is 2. The van der Waals surface area contributed by atoms with Gasteiger partial charge in [0.2, 0.25) is 0 Å². The molecule has 0 saturated carbocycles. The summed E-state index contributed by atoms with van der Waals surface area (Å²) in [7, 11) is 2.93. The van der Waals surface area contributed by atoms with Crippen LogP contribution in [0.4, 0.5) is 4.79 Å². The van der Waals surface area contributed by atoms with E-state index in [4.69, 9.17) is 18.9 Å². The Bertz CT molecular complexity index is 365. The topological polar surface area (TPSA) is 86.3 Å². The molecule has 1 saturated heterocycles. The molecule has 1 amide bonds. The molecule has 0 bridgehead atoms. The van der Waals surface area contributed by atoms with Crippen molar-refractivity contribution < 1.29 is 28.8 Å². The second-order valence-electron chi connectivity index (χ2n) is 6.45. The first kappa shape index (κ1) is 18.2. The average molecular weight is 305 g/mol. The van der Waals surface area contributed by atoms with Crippen molar-refractivity contribution in [2.75, 3.05) is 14.2 Å². The lowest BCUT2D eigenvalue weighted by atomic mass is 9.84. The van der Waals surface area contributed by atoms with Gasteiger partial charge in [0.1, 0.15) is 17.3 Å². The van der Waals surface area contributed by atoms with Crippen molar-refractivity contribution in [1.82, 2.24) is 5.32 Å². The molecule has 5 atom stereocenters. The van der Waals surface area contributed by atoms with Gasteiger partial charge in [-0.15, -0.1) is 0 Å². The van der Waals surface area contributed by atoms with Crippen LogP contribution >= 0.6 is 0 Å². The van der Waals surface area contributed by atoms with Gasteiger partial charge in [0.15, 0.2) is 6.29 Å². The highest BCUT2D eigenvalue weighted by molar-refractivity contribution is 5.68. The molecule has 1 aliphatic heterocycles. The third-order valence-corrected chi connectivity index (χ3v) is 3.43. The fraction of sp³-hybridized carbons (Fsp3) is 0.929. The molecule has 124 valence electrons. The van der Waals surface area contributed by atoms with Gasteiger partial charge in [0.25, 0.3) is 0 Å². The van der Waals surface area contributed by atoms with Gasteiger partial charge in [-0.25, -0.2) is 4.79 Å². The number of hydrogen-bond acceptors (Lipinski definition) is 6. The van der Waals surface area contributed by atoms with Gasteiger partial charge in [-0.05, 0) is 34.6 Å². The summed E-state index contributed by atoms with van der Waals surface area (Å²) in [6.07, 6.45) is -2.53. The standard InChI is InChI=1S/C14H27NO6/c1-8-9(15-12(16)21-13(2,3)4)14(5,17)10(18-6)11(19-7)20-8/h8-11,17H,1-7H3,(H,15,16)/t8-,9+,10-,11+,14+/m1/s1. The summed E-state index contributed by atoms with van der Waals surface area (Å²) in [6.45, 7) is 8.63. The Balaban J connectivity index is 2.87. The molecule has 1 fully saturated rings. The molecule has 0 aliphatic carbocycles. The molecule has 0 aromatic carbocycles. The maximum atomic E-state index is 11.9. The predicted octanol–water partition coefficient (Wildman–Crippen LogP) is 1.04. The van der Waals surface area contributed by atoms with E-state index in [-0.39, 0.29) is 0 Å². The molecule has 7 heteroatoms. The fourth-order valence-corrected chi connectivity index (χ4v) is 2.52. The van der Waals surface area contributed by atoms with E-state index in [9.17, 15) is 9.90 Å². The van der Waals surface area contributed by atoms with Crippen molar-refractivity contribution in [3.8, 4) is 0 Å². The second-order valence-corrected chi connectivity index (χ2v) is 6.45. The minimum atomic E-state index is -1.37. The van der Waals surface area contributed by atoms with Gasteiger partial charge in [-0.3, -0.25) is 0 Å². The number of aliphatic hydroxyl groups is 1. The highest BCUT2D eigenvalue weighted by Crippen LogP contribution is 2.32. The first-order valence-electron chi connectivity index (χ1n) is 6.96. The van der Waals surface area contributed by atoms with Crippen LogP contribution in [-0.4, -0.2) is 61.2 Å². The molecule has 1 aliphatic rings. The summed E-state index contributed by atoms with van der Waals surface area (Å²) in [5.41, 5.74) is -1.99. The monoisotopic (exact) mass is 305 g/mol. The van der Waals surface area contributed by atoms with Crippen molar-refractivity contribution in [2.45, 2.75) is 70.4 Å². The van der Waals surface area contributed by atoms with Crippen LogP contribution in [0.5, 0.6) is 0 Å². The first-order valence-corrected chi connectivity index (χ1v) is 6.96. The van der Waals surface area contributed by atoms with Crippen molar-refractivity contribution >= 4 is 6.09 Å². The van der Waals surface area contributed by atoms with Crippen LogP contribution in [0.1, 0.15) is 34.6 Å². The normalized spacial score (nSPS) is 37.1. The summed E-state index contributed by atoms with van der Waals surface area (Å²) in [5.74, 6) is 0. The molecule has 0 spiro atoms. The minimum Gasteiger partial charge on any atom is -0.444 e. The quantitative estimate of drug-likeness (QED) is 0.810. The van der Waals surface area contributed by atoms with E-state index >= 15 is 0 Å². The van der Waals surface area contributed by atoms with Crippen LogP contribution in [-0.2, 0) is 18.9 Å². The molecule has 1 heterocycles. The number of carbonyl (C=O) groups excluding carboxylic acids is 1. The third-order valence-electron chi connectivity index (χ3n) is 3.43. The number of methoxy groups -OCH3 is 2. The van der Waals surface area contributed by atoms with Gasteiger partial charge in [-0.2, -0.15) is 0 Å². The molecule has 21 heavy (non-hydrogen) atoms. The fourth-order valence-electron chi connectivity index (χ4n) is 2.52. The largest absolute Gasteiger partial charge is 0.444 e. The van der Waals surface area contributed by atoms with Gasteiger partial charge < -0.3 is 29.4 Å². The van der Waals surface area contributed by atoms with Gasteiger partial charge in [0.05, 0.1) is 12.1 Å². The molecule has 0 aromatic heterocycles. The number of alkyl carbamates (subject to hydrolysis) is 1. The zero-order valence-corrected chi connectivity index (χ0v) is 13.8. The van der Waals surface area contributed by atoms with E-state index in [1.807, 2.05) is 0 Å². The SMILES string of the molecule is CO[C@H]1O[C@H](C)[C@H](NC(=O)OC(C)(C)C)[C@](C)(O)[C@@H]1OC. The number of carbonyl (C=O) groups is 1. The smallest absolute Gasteiger partial charge is 0.408 e. The Morgan fingerprint density at radius 2 is 1.86 bits per heavy atom. The first-order chi connectivity index (χ1) is 9.52.